The molecule has 0 saturated heterocycles. The number of hydrogen-bond donors (Lipinski definition) is 3. The molecule has 0 bridgehead atoms. The number of nitrogens with two attached hydrogens (primary N) is 1. The van der Waals surface area contributed by atoms with Crippen molar-refractivity contribution in [3.63, 3.8) is 0 Å². The molecule has 1 aromatic carbocycles. The number of Topliss-reactive ketones (excluding diaryl/α,β-unsaturated/α-hetero) is 4. The fraction of sp³-hybridized carbons (Fsp3) is 0.633. The van der Waals surface area contributed by atoms with Crippen molar-refractivity contribution < 1.29 is 34.2 Å². The third kappa shape index (κ3) is 3.69. The van der Waals surface area contributed by atoms with Gasteiger partial charge in [0.25, 0.3) is 0 Å². The molecule has 210 valence electrons. The molecule has 4 aliphatic carbocycles. The van der Waals surface area contributed by atoms with E-state index in [4.69, 9.17) is 5.73 Å². The van der Waals surface area contributed by atoms with E-state index in [0.717, 1.165) is 37.7 Å². The maximum absolute atomic E-state index is 14.3. The van der Waals surface area contributed by atoms with E-state index in [9.17, 15) is 34.2 Å². The van der Waals surface area contributed by atoms with Crippen molar-refractivity contribution in [1.82, 2.24) is 4.90 Å². The normalized spacial score (nSPS) is 36.9. The number of hydrogen-bond acceptors (Lipinski definition) is 8. The molecule has 1 amide bonds. The maximum atomic E-state index is 14.3. The summed E-state index contributed by atoms with van der Waals surface area (Å²) >= 11 is 0. The zero-order chi connectivity index (χ0) is 28.7. The van der Waals surface area contributed by atoms with Gasteiger partial charge in [-0.15, -0.1) is 0 Å². The van der Waals surface area contributed by atoms with Gasteiger partial charge in [0, 0.05) is 5.41 Å². The van der Waals surface area contributed by atoms with E-state index < -0.39 is 63.3 Å². The molecule has 0 spiro atoms. The fourth-order valence-corrected chi connectivity index (χ4v) is 8.67. The van der Waals surface area contributed by atoms with Crippen molar-refractivity contribution in [3.05, 3.63) is 28.8 Å². The lowest BCUT2D eigenvalue weighted by Crippen LogP contribution is -2.79. The zero-order valence-electron chi connectivity index (χ0n) is 23.1. The molecule has 0 radical (unpaired) electrons. The quantitative estimate of drug-likeness (QED) is 0.490. The molecule has 9 nitrogen and oxygen atoms in total. The van der Waals surface area contributed by atoms with E-state index in [1.165, 1.54) is 24.3 Å². The lowest BCUT2D eigenvalue weighted by Gasteiger charge is -2.61. The average Bonchev–Trinajstić information content (AvgIpc) is 2.83. The third-order valence-electron chi connectivity index (χ3n) is 10.2. The molecule has 3 saturated carbocycles. The summed E-state index contributed by atoms with van der Waals surface area (Å²) in [5, 5.41) is 22.8. The number of ketones is 4. The maximum Gasteiger partial charge on any atom is 0.235 e. The summed E-state index contributed by atoms with van der Waals surface area (Å²) in [4.78, 5) is 69.2. The number of primary amides is 1. The Balaban J connectivity index is 1.66. The molecule has 4 N–H and O–H groups in total. The van der Waals surface area contributed by atoms with E-state index in [2.05, 4.69) is 0 Å². The number of phenolic OH excluding ortho intramolecular Hbond substituents is 1. The summed E-state index contributed by atoms with van der Waals surface area (Å²) < 4.78 is 0. The number of aliphatic hydroxyl groups is 1. The highest BCUT2D eigenvalue weighted by molar-refractivity contribution is 6.33. The Morgan fingerprint density at radius 2 is 1.69 bits per heavy atom. The summed E-state index contributed by atoms with van der Waals surface area (Å²) in [7, 11) is 3.17. The van der Waals surface area contributed by atoms with Crippen LogP contribution in [0.25, 0.3) is 0 Å². The predicted molar refractivity (Wildman–Crippen MR) is 141 cm³/mol. The summed E-state index contributed by atoms with van der Waals surface area (Å²) in [5.41, 5.74) is 1.74. The van der Waals surface area contributed by atoms with Gasteiger partial charge in [-0.25, -0.2) is 0 Å². The highest BCUT2D eigenvalue weighted by atomic mass is 16.3. The molecule has 0 aliphatic heterocycles. The molecular formula is C30H38N2O7. The van der Waals surface area contributed by atoms with Gasteiger partial charge in [-0.05, 0) is 61.9 Å². The van der Waals surface area contributed by atoms with Gasteiger partial charge in [-0.3, -0.25) is 28.9 Å². The van der Waals surface area contributed by atoms with Crippen molar-refractivity contribution in [3.8, 4) is 5.75 Å². The Bertz CT molecular complexity index is 1300. The van der Waals surface area contributed by atoms with E-state index in [1.807, 2.05) is 6.07 Å². The second-order valence-electron chi connectivity index (χ2n) is 13.1. The number of amides is 1. The predicted octanol–water partition coefficient (Wildman–Crippen LogP) is 1.77. The zero-order valence-corrected chi connectivity index (χ0v) is 23.1. The molecular weight excluding hydrogens is 500 g/mol. The Labute approximate surface area is 228 Å². The van der Waals surface area contributed by atoms with Crippen LogP contribution < -0.4 is 5.73 Å². The third-order valence-corrected chi connectivity index (χ3v) is 10.2. The first kappa shape index (κ1) is 27.6. The van der Waals surface area contributed by atoms with E-state index >= 15 is 0 Å². The Hall–Kier alpha value is -2.91. The van der Waals surface area contributed by atoms with Gasteiger partial charge in [0.1, 0.15) is 5.75 Å². The van der Waals surface area contributed by atoms with E-state index in [1.54, 1.807) is 21.0 Å². The number of fused-ring (bicyclic) bond motifs is 3. The highest BCUT2D eigenvalue weighted by Gasteiger charge is 2.76. The Morgan fingerprint density at radius 3 is 2.28 bits per heavy atom. The molecule has 5 rings (SSSR count). The number of carbonyl (C=O) groups excluding carboxylic acids is 5. The van der Waals surface area contributed by atoms with Crippen LogP contribution in [0.5, 0.6) is 5.75 Å². The molecule has 0 aromatic heterocycles. The van der Waals surface area contributed by atoms with Gasteiger partial charge in [0.2, 0.25) is 5.91 Å². The molecule has 4 aliphatic rings. The molecule has 3 fully saturated rings. The van der Waals surface area contributed by atoms with Crippen LogP contribution in [0.3, 0.4) is 0 Å². The Kier molecular flexibility index (Phi) is 6.42. The highest BCUT2D eigenvalue weighted by Crippen LogP contribution is 2.61. The van der Waals surface area contributed by atoms with E-state index in [0.29, 0.717) is 11.5 Å². The van der Waals surface area contributed by atoms with Gasteiger partial charge < -0.3 is 15.9 Å². The lowest BCUT2D eigenvalue weighted by atomic mass is 9.42. The van der Waals surface area contributed by atoms with Crippen LogP contribution in [0.4, 0.5) is 0 Å². The van der Waals surface area contributed by atoms with Crippen LogP contribution in [0.15, 0.2) is 12.1 Å². The molecule has 1 aromatic rings. The van der Waals surface area contributed by atoms with Gasteiger partial charge in [-0.2, -0.15) is 0 Å². The van der Waals surface area contributed by atoms with Crippen molar-refractivity contribution in [2.24, 2.45) is 34.3 Å². The fourth-order valence-electron chi connectivity index (χ4n) is 8.67. The second kappa shape index (κ2) is 9.06. The first-order valence-corrected chi connectivity index (χ1v) is 13.9. The molecule has 2 unspecified atom stereocenters. The van der Waals surface area contributed by atoms with Crippen LogP contribution in [0, 0.1) is 28.6 Å². The second-order valence-corrected chi connectivity index (χ2v) is 13.1. The van der Waals surface area contributed by atoms with Gasteiger partial charge in [0.15, 0.2) is 34.7 Å². The van der Waals surface area contributed by atoms with Crippen LogP contribution in [-0.2, 0) is 32.0 Å². The SMILES string of the molecule is CN(C)[C@@H]1C(=O)C(C(N)=O)C(=O)[C@@]2(O)C(=O)C3C(=O)c4c(O)ccc(CC5CCCCC5)c4C[C@@]3(C)C[C@@]12C. The summed E-state index contributed by atoms with van der Waals surface area (Å²) in [6, 6.07) is 2.18. The van der Waals surface area contributed by atoms with Gasteiger partial charge >= 0.3 is 0 Å². The van der Waals surface area contributed by atoms with Crippen LogP contribution in [0.1, 0.15) is 73.9 Å². The number of nitrogens with zero attached hydrogens (tertiary/aromatic N) is 1. The van der Waals surface area contributed by atoms with Crippen molar-refractivity contribution in [2.45, 2.75) is 76.9 Å². The molecule has 39 heavy (non-hydrogen) atoms. The minimum Gasteiger partial charge on any atom is -0.507 e. The molecule has 0 heterocycles. The van der Waals surface area contributed by atoms with Crippen molar-refractivity contribution in [2.75, 3.05) is 14.1 Å². The van der Waals surface area contributed by atoms with Gasteiger partial charge in [0.05, 0.1) is 17.5 Å². The largest absolute Gasteiger partial charge is 0.507 e. The topological polar surface area (TPSA) is 155 Å². The van der Waals surface area contributed by atoms with Crippen molar-refractivity contribution in [1.29, 1.82) is 0 Å². The lowest BCUT2D eigenvalue weighted by molar-refractivity contribution is -0.203. The smallest absolute Gasteiger partial charge is 0.235 e. The molecule has 9 heteroatoms. The van der Waals surface area contributed by atoms with Crippen LogP contribution >= 0.6 is 0 Å². The Morgan fingerprint density at radius 1 is 1.05 bits per heavy atom. The number of phenols is 1. The monoisotopic (exact) mass is 538 g/mol. The first-order valence-electron chi connectivity index (χ1n) is 13.9. The van der Waals surface area contributed by atoms with Crippen LogP contribution in [-0.4, -0.2) is 69.9 Å². The molecule has 6 atom stereocenters. The summed E-state index contributed by atoms with van der Waals surface area (Å²) in [6.07, 6.45) is 6.78. The first-order chi connectivity index (χ1) is 18.2. The summed E-state index contributed by atoms with van der Waals surface area (Å²) in [6.45, 7) is 3.31. The minimum absolute atomic E-state index is 0.00240. The average molecular weight is 539 g/mol. The minimum atomic E-state index is -2.78. The van der Waals surface area contributed by atoms with E-state index in [-0.39, 0.29) is 24.2 Å². The number of benzene rings is 1. The number of aromatic hydroxyl groups is 1. The van der Waals surface area contributed by atoms with Crippen molar-refractivity contribution >= 4 is 29.0 Å². The van der Waals surface area contributed by atoms with Crippen LogP contribution in [0.2, 0.25) is 0 Å². The standard InChI is InChI=1S/C30H38N2O7/c1-28-13-17-16(12-15-8-6-5-7-9-15)10-11-18(33)19(17)22(34)21(28)26(37)30(39)25(36)20(27(31)38)23(35)24(32(3)4)29(30,2)14-28/h10-11,15,20-21,24,33,39H,5-9,12-14H2,1-4H3,(H2,31,38)/t20?,21?,24-,28+,29+,30-/m1/s1. The summed E-state index contributed by atoms with van der Waals surface area (Å²) in [5.74, 6) is -8.09. The van der Waals surface area contributed by atoms with Gasteiger partial charge in [-0.1, -0.05) is 52.0 Å². The number of carbonyl (C=O) groups is 5. The number of rotatable bonds is 4. The number of likely N-dealkylation sites (N-methyl/N-ethyl adjacent to an activating group) is 1.